The molecule has 2 heterocycles. The first-order valence-corrected chi connectivity index (χ1v) is 7.97. The number of carbonyl (C=O) groups is 1. The lowest BCUT2D eigenvalue weighted by Crippen LogP contribution is -2.51. The summed E-state index contributed by atoms with van der Waals surface area (Å²) < 4.78 is 0. The molecule has 2 aromatic rings. The quantitative estimate of drug-likeness (QED) is 0.870. The smallest absolute Gasteiger partial charge is 0.243 e. The van der Waals surface area contributed by atoms with E-state index in [0.717, 1.165) is 25.1 Å². The van der Waals surface area contributed by atoms with Crippen molar-refractivity contribution >= 4 is 5.91 Å². The predicted octanol–water partition coefficient (Wildman–Crippen LogP) is 0.763. The van der Waals surface area contributed by atoms with E-state index < -0.39 is 0 Å². The Morgan fingerprint density at radius 3 is 2.91 bits per heavy atom. The number of rotatable bonds is 4. The van der Waals surface area contributed by atoms with Gasteiger partial charge in [0.05, 0.1) is 0 Å². The molecule has 1 aliphatic heterocycles. The van der Waals surface area contributed by atoms with E-state index in [1.165, 1.54) is 10.4 Å². The zero-order valence-corrected chi connectivity index (χ0v) is 13.5. The second kappa shape index (κ2) is 6.87. The van der Waals surface area contributed by atoms with Crippen molar-refractivity contribution < 1.29 is 4.79 Å². The van der Waals surface area contributed by atoms with Crippen molar-refractivity contribution in [3.8, 4) is 11.4 Å². The number of piperidine rings is 1. The molecule has 1 aromatic heterocycles. The average molecular weight is 314 g/mol. The van der Waals surface area contributed by atoms with Crippen LogP contribution >= 0.6 is 0 Å². The third-order valence-corrected chi connectivity index (χ3v) is 4.22. The molecule has 122 valence electrons. The molecule has 1 aromatic carbocycles. The molecule has 2 N–H and O–H groups in total. The van der Waals surface area contributed by atoms with Gasteiger partial charge in [0.1, 0.15) is 6.54 Å². The molecular weight excluding hydrogens is 292 g/mol. The molecule has 0 saturated carbocycles. The number of hydrogen-bond donors (Lipinski definition) is 2. The Kier molecular flexibility index (Phi) is 4.66. The Morgan fingerprint density at radius 1 is 1.39 bits per heavy atom. The van der Waals surface area contributed by atoms with Crippen LogP contribution in [0.25, 0.3) is 11.4 Å². The molecule has 1 amide bonds. The Balaban J connectivity index is 1.60. The summed E-state index contributed by atoms with van der Waals surface area (Å²) in [5.41, 5.74) is 2.07. The van der Waals surface area contributed by atoms with E-state index in [9.17, 15) is 4.79 Å². The molecule has 1 saturated heterocycles. The van der Waals surface area contributed by atoms with Crippen molar-refractivity contribution in [2.24, 2.45) is 5.92 Å². The van der Waals surface area contributed by atoms with E-state index in [-0.39, 0.29) is 18.5 Å². The van der Waals surface area contributed by atoms with Gasteiger partial charge in [-0.3, -0.25) is 4.79 Å². The van der Waals surface area contributed by atoms with Gasteiger partial charge in [0.15, 0.2) is 0 Å². The fourth-order valence-corrected chi connectivity index (χ4v) is 2.69. The van der Waals surface area contributed by atoms with Crippen molar-refractivity contribution in [3.05, 3.63) is 29.8 Å². The summed E-state index contributed by atoms with van der Waals surface area (Å²) in [5.74, 6) is 0.927. The fraction of sp³-hybridized carbons (Fsp3) is 0.500. The highest BCUT2D eigenvalue weighted by molar-refractivity contribution is 5.76. The van der Waals surface area contributed by atoms with Crippen LogP contribution in [-0.2, 0) is 11.3 Å². The lowest BCUT2D eigenvalue weighted by Gasteiger charge is -2.30. The number of nitrogens with zero attached hydrogens (tertiary/aromatic N) is 4. The summed E-state index contributed by atoms with van der Waals surface area (Å²) in [6.45, 7) is 6.10. The van der Waals surface area contributed by atoms with Crippen molar-refractivity contribution in [2.45, 2.75) is 32.9 Å². The fourth-order valence-electron chi connectivity index (χ4n) is 2.69. The SMILES string of the molecule is Cc1ccc(-c2nnn(CC(=O)NC3CNCCC3C)n2)cc1. The van der Waals surface area contributed by atoms with Crippen LogP contribution in [0.1, 0.15) is 18.9 Å². The van der Waals surface area contributed by atoms with Gasteiger partial charge in [0.2, 0.25) is 11.7 Å². The maximum absolute atomic E-state index is 12.1. The standard InChI is InChI=1S/C16H22N6O/c1-11-3-5-13(6-4-11)16-19-21-22(20-16)10-15(23)18-14-9-17-8-7-12(14)2/h3-6,12,14,17H,7-10H2,1-2H3,(H,18,23). The summed E-state index contributed by atoms with van der Waals surface area (Å²) in [4.78, 5) is 13.5. The highest BCUT2D eigenvalue weighted by Crippen LogP contribution is 2.14. The van der Waals surface area contributed by atoms with Crippen LogP contribution in [-0.4, -0.2) is 45.2 Å². The monoisotopic (exact) mass is 314 g/mol. The molecule has 0 aliphatic carbocycles. The van der Waals surface area contributed by atoms with Gasteiger partial charge in [-0.05, 0) is 31.0 Å². The summed E-state index contributed by atoms with van der Waals surface area (Å²) >= 11 is 0. The topological polar surface area (TPSA) is 84.7 Å². The first-order valence-electron chi connectivity index (χ1n) is 7.97. The molecule has 7 nitrogen and oxygen atoms in total. The zero-order chi connectivity index (χ0) is 16.2. The van der Waals surface area contributed by atoms with Crippen LogP contribution in [0.3, 0.4) is 0 Å². The van der Waals surface area contributed by atoms with E-state index >= 15 is 0 Å². The first-order chi connectivity index (χ1) is 11.1. The normalized spacial score (nSPS) is 21.1. The lowest BCUT2D eigenvalue weighted by molar-refractivity contribution is -0.123. The van der Waals surface area contributed by atoms with Gasteiger partial charge in [0.25, 0.3) is 0 Å². The molecular formula is C16H22N6O. The Morgan fingerprint density at radius 2 is 2.17 bits per heavy atom. The Hall–Kier alpha value is -2.28. The Bertz CT molecular complexity index is 665. The van der Waals surface area contributed by atoms with E-state index in [1.54, 1.807) is 0 Å². The average Bonchev–Trinajstić information content (AvgIpc) is 2.98. The number of carbonyl (C=O) groups excluding carboxylic acids is 1. The molecule has 0 radical (unpaired) electrons. The lowest BCUT2D eigenvalue weighted by atomic mass is 9.95. The molecule has 0 spiro atoms. The third-order valence-electron chi connectivity index (χ3n) is 4.22. The first kappa shape index (κ1) is 15.6. The number of benzene rings is 1. The molecule has 0 bridgehead atoms. The maximum atomic E-state index is 12.1. The van der Waals surface area contributed by atoms with Gasteiger partial charge in [0, 0.05) is 18.2 Å². The Labute approximate surface area is 135 Å². The van der Waals surface area contributed by atoms with Crippen molar-refractivity contribution in [3.63, 3.8) is 0 Å². The van der Waals surface area contributed by atoms with Gasteiger partial charge in [-0.1, -0.05) is 36.8 Å². The van der Waals surface area contributed by atoms with Crippen molar-refractivity contribution in [1.29, 1.82) is 0 Å². The predicted molar refractivity (Wildman–Crippen MR) is 86.6 cm³/mol. The van der Waals surface area contributed by atoms with Crippen LogP contribution in [0.4, 0.5) is 0 Å². The minimum absolute atomic E-state index is 0.0848. The number of hydrogen-bond acceptors (Lipinski definition) is 5. The second-order valence-corrected chi connectivity index (χ2v) is 6.15. The highest BCUT2D eigenvalue weighted by atomic mass is 16.2. The number of tetrazole rings is 1. The molecule has 7 heteroatoms. The third kappa shape index (κ3) is 3.92. The minimum Gasteiger partial charge on any atom is -0.350 e. The highest BCUT2D eigenvalue weighted by Gasteiger charge is 2.22. The number of aryl methyl sites for hydroxylation is 1. The van der Waals surface area contributed by atoms with E-state index in [2.05, 4.69) is 33.0 Å². The summed E-state index contributed by atoms with van der Waals surface area (Å²) in [6.07, 6.45) is 1.07. The largest absolute Gasteiger partial charge is 0.350 e. The molecule has 1 aliphatic rings. The van der Waals surface area contributed by atoms with E-state index in [4.69, 9.17) is 0 Å². The van der Waals surface area contributed by atoms with Gasteiger partial charge in [-0.25, -0.2) is 0 Å². The van der Waals surface area contributed by atoms with Gasteiger partial charge in [-0.2, -0.15) is 4.80 Å². The van der Waals surface area contributed by atoms with E-state index in [1.807, 2.05) is 31.2 Å². The summed E-state index contributed by atoms with van der Waals surface area (Å²) in [7, 11) is 0. The summed E-state index contributed by atoms with van der Waals surface area (Å²) in [6, 6.07) is 8.06. The summed E-state index contributed by atoms with van der Waals surface area (Å²) in [5, 5.41) is 18.6. The zero-order valence-electron chi connectivity index (χ0n) is 13.5. The minimum atomic E-state index is -0.0848. The molecule has 1 fully saturated rings. The van der Waals surface area contributed by atoms with Gasteiger partial charge >= 0.3 is 0 Å². The van der Waals surface area contributed by atoms with Crippen LogP contribution in [0.2, 0.25) is 0 Å². The van der Waals surface area contributed by atoms with Crippen molar-refractivity contribution in [2.75, 3.05) is 13.1 Å². The van der Waals surface area contributed by atoms with Crippen LogP contribution in [0.5, 0.6) is 0 Å². The molecule has 2 unspecified atom stereocenters. The van der Waals surface area contributed by atoms with Crippen LogP contribution in [0.15, 0.2) is 24.3 Å². The second-order valence-electron chi connectivity index (χ2n) is 6.15. The number of aromatic nitrogens is 4. The number of nitrogens with one attached hydrogen (secondary N) is 2. The van der Waals surface area contributed by atoms with Gasteiger partial charge in [-0.15, -0.1) is 10.2 Å². The van der Waals surface area contributed by atoms with Crippen molar-refractivity contribution in [1.82, 2.24) is 30.8 Å². The van der Waals surface area contributed by atoms with Crippen LogP contribution in [0, 0.1) is 12.8 Å². The molecule has 2 atom stereocenters. The number of amides is 1. The molecule has 23 heavy (non-hydrogen) atoms. The van der Waals surface area contributed by atoms with E-state index in [0.29, 0.717) is 11.7 Å². The van der Waals surface area contributed by atoms with Gasteiger partial charge < -0.3 is 10.6 Å². The van der Waals surface area contributed by atoms with Crippen LogP contribution < -0.4 is 10.6 Å². The molecule has 3 rings (SSSR count). The maximum Gasteiger partial charge on any atom is 0.243 e.